The van der Waals surface area contributed by atoms with Crippen molar-refractivity contribution in [3.63, 3.8) is 0 Å². The minimum Gasteiger partial charge on any atom is -0.464 e. The molecule has 32 heavy (non-hydrogen) atoms. The molecule has 176 valence electrons. The number of nitrogens with zero attached hydrogens (tertiary/aromatic N) is 1. The van der Waals surface area contributed by atoms with E-state index in [0.717, 1.165) is 11.8 Å². The zero-order chi connectivity index (χ0) is 24.0. The average Bonchev–Trinajstić information content (AvgIpc) is 2.70. The molecule has 1 aromatic rings. The van der Waals surface area contributed by atoms with Gasteiger partial charge in [-0.3, -0.25) is 14.4 Å². The molecule has 2 rings (SSSR count). The van der Waals surface area contributed by atoms with Crippen LogP contribution in [-0.2, 0) is 38.1 Å². The number of methoxy groups -OCH3 is 1. The molecule has 1 aromatic heterocycles. The molecule has 1 saturated heterocycles. The Hall–Kier alpha value is -2.41. The largest absolute Gasteiger partial charge is 0.464 e. The van der Waals surface area contributed by atoms with Crippen LogP contribution in [0.15, 0.2) is 17.2 Å². The first-order valence-electron chi connectivity index (χ1n) is 9.32. The molecule has 0 bridgehead atoms. The van der Waals surface area contributed by atoms with Gasteiger partial charge < -0.3 is 29.4 Å². The fourth-order valence-electron chi connectivity index (χ4n) is 2.93. The van der Waals surface area contributed by atoms with Crippen molar-refractivity contribution in [3.05, 3.63) is 23.0 Å². The van der Waals surface area contributed by atoms with Crippen LogP contribution in [0.1, 0.15) is 31.3 Å². The Morgan fingerprint density at radius 1 is 1.12 bits per heavy atom. The van der Waals surface area contributed by atoms with Crippen molar-refractivity contribution in [3.8, 4) is 0 Å². The third-order valence-electron chi connectivity index (χ3n) is 4.20. The van der Waals surface area contributed by atoms with Crippen molar-refractivity contribution in [1.29, 1.82) is 0 Å². The third-order valence-corrected chi connectivity index (χ3v) is 5.58. The highest BCUT2D eigenvalue weighted by atomic mass is 35.5. The first-order chi connectivity index (χ1) is 15.0. The van der Waals surface area contributed by atoms with E-state index >= 15 is 0 Å². The molecular formula is C19H23ClN2O9S. The molecular weight excluding hydrogens is 468 g/mol. The quantitative estimate of drug-likeness (QED) is 0.429. The summed E-state index contributed by atoms with van der Waals surface area (Å²) in [6.07, 6.45) is -1.88. The highest BCUT2D eigenvalue weighted by Crippen LogP contribution is 2.37. The number of rotatable bonds is 7. The molecule has 1 fully saturated rings. The van der Waals surface area contributed by atoms with Crippen LogP contribution in [0, 0.1) is 0 Å². The summed E-state index contributed by atoms with van der Waals surface area (Å²) in [5.74, 6) is -2.61. The van der Waals surface area contributed by atoms with E-state index in [4.69, 9.17) is 41.0 Å². The number of carbonyl (C=O) groups is 4. The van der Waals surface area contributed by atoms with Crippen LogP contribution in [0.2, 0.25) is 5.02 Å². The Morgan fingerprint density at radius 3 is 2.31 bits per heavy atom. The smallest absolute Gasteiger partial charge is 0.357 e. The molecule has 2 heterocycles. The Balaban J connectivity index is 2.42. The van der Waals surface area contributed by atoms with Crippen molar-refractivity contribution in [1.82, 2.24) is 4.98 Å². The second-order valence-electron chi connectivity index (χ2n) is 6.68. The molecule has 0 amide bonds. The van der Waals surface area contributed by atoms with Gasteiger partial charge in [0.15, 0.2) is 11.8 Å². The standard InChI is InChI=1S/C19H23ClN2O9S/c1-8(23)28-7-12-16(29-9(2)24)14(21)17(30-10(3)25)19(31-12)32-13-5-11(20)6-22-15(13)18(26)27-4/h5-6,12,14,16-17,19H,7,21H2,1-4H3. The zero-order valence-electron chi connectivity index (χ0n) is 17.7. The second-order valence-corrected chi connectivity index (χ2v) is 8.26. The van der Waals surface area contributed by atoms with Gasteiger partial charge in [0.2, 0.25) is 0 Å². The fourth-order valence-corrected chi connectivity index (χ4v) is 4.41. The number of ether oxygens (including phenoxy) is 5. The van der Waals surface area contributed by atoms with Crippen LogP contribution in [0.5, 0.6) is 0 Å². The first-order valence-corrected chi connectivity index (χ1v) is 10.6. The van der Waals surface area contributed by atoms with E-state index in [-0.39, 0.29) is 22.2 Å². The summed E-state index contributed by atoms with van der Waals surface area (Å²) < 4.78 is 26.4. The van der Waals surface area contributed by atoms with E-state index in [1.54, 1.807) is 0 Å². The van der Waals surface area contributed by atoms with Gasteiger partial charge in [-0.15, -0.1) is 0 Å². The molecule has 0 aromatic carbocycles. The average molecular weight is 491 g/mol. The van der Waals surface area contributed by atoms with Gasteiger partial charge in [-0.05, 0) is 6.07 Å². The molecule has 0 radical (unpaired) electrons. The van der Waals surface area contributed by atoms with Gasteiger partial charge in [0, 0.05) is 31.9 Å². The minimum atomic E-state index is -1.10. The predicted molar refractivity (Wildman–Crippen MR) is 111 cm³/mol. The fraction of sp³-hybridized carbons (Fsp3) is 0.526. The van der Waals surface area contributed by atoms with E-state index in [2.05, 4.69) is 4.98 Å². The van der Waals surface area contributed by atoms with E-state index < -0.39 is 53.7 Å². The summed E-state index contributed by atoms with van der Waals surface area (Å²) in [6.45, 7) is 3.29. The maximum atomic E-state index is 12.1. The lowest BCUT2D eigenvalue weighted by atomic mass is 9.97. The number of carbonyl (C=O) groups excluding carboxylic acids is 4. The number of thioether (sulfide) groups is 1. The Bertz CT molecular complexity index is 882. The van der Waals surface area contributed by atoms with Crippen molar-refractivity contribution >= 4 is 47.2 Å². The number of aromatic nitrogens is 1. The molecule has 5 unspecified atom stereocenters. The lowest BCUT2D eigenvalue weighted by Crippen LogP contribution is -2.63. The van der Waals surface area contributed by atoms with Gasteiger partial charge in [0.05, 0.1) is 18.2 Å². The van der Waals surface area contributed by atoms with Crippen LogP contribution in [-0.4, -0.2) is 72.4 Å². The summed E-state index contributed by atoms with van der Waals surface area (Å²) in [7, 11) is 1.20. The van der Waals surface area contributed by atoms with Gasteiger partial charge in [0.1, 0.15) is 24.3 Å². The van der Waals surface area contributed by atoms with Gasteiger partial charge in [-0.2, -0.15) is 0 Å². The van der Waals surface area contributed by atoms with Crippen LogP contribution < -0.4 is 5.73 Å². The third kappa shape index (κ3) is 6.79. The highest BCUT2D eigenvalue weighted by molar-refractivity contribution is 8.00. The monoisotopic (exact) mass is 490 g/mol. The molecule has 2 N–H and O–H groups in total. The van der Waals surface area contributed by atoms with Crippen LogP contribution in [0.3, 0.4) is 0 Å². The highest BCUT2D eigenvalue weighted by Gasteiger charge is 2.49. The van der Waals surface area contributed by atoms with Crippen LogP contribution >= 0.6 is 23.4 Å². The minimum absolute atomic E-state index is 0.0423. The number of esters is 4. The van der Waals surface area contributed by atoms with Crippen LogP contribution in [0.4, 0.5) is 0 Å². The molecule has 1 aliphatic rings. The van der Waals surface area contributed by atoms with E-state index in [1.165, 1.54) is 40.1 Å². The number of hydrogen-bond donors (Lipinski definition) is 1. The van der Waals surface area contributed by atoms with Crippen molar-refractivity contribution in [2.24, 2.45) is 5.73 Å². The van der Waals surface area contributed by atoms with Gasteiger partial charge in [-0.25, -0.2) is 9.78 Å². The molecule has 11 nitrogen and oxygen atoms in total. The van der Waals surface area contributed by atoms with Crippen LogP contribution in [0.25, 0.3) is 0 Å². The number of pyridine rings is 1. The molecule has 13 heteroatoms. The predicted octanol–water partition coefficient (Wildman–Crippen LogP) is 1.09. The maximum absolute atomic E-state index is 12.1. The van der Waals surface area contributed by atoms with E-state index in [1.807, 2.05) is 0 Å². The van der Waals surface area contributed by atoms with E-state index in [9.17, 15) is 19.2 Å². The molecule has 0 saturated carbocycles. The summed E-state index contributed by atoms with van der Waals surface area (Å²) in [5.41, 5.74) is 5.26. The van der Waals surface area contributed by atoms with Gasteiger partial charge >= 0.3 is 23.9 Å². The number of halogens is 1. The van der Waals surface area contributed by atoms with Gasteiger partial charge in [-0.1, -0.05) is 23.4 Å². The van der Waals surface area contributed by atoms with Crippen molar-refractivity contribution < 1.29 is 42.9 Å². The topological polar surface area (TPSA) is 153 Å². The Kier molecular flexibility index (Phi) is 9.25. The van der Waals surface area contributed by atoms with E-state index in [0.29, 0.717) is 0 Å². The van der Waals surface area contributed by atoms with Crippen molar-refractivity contribution in [2.75, 3.05) is 13.7 Å². The lowest BCUT2D eigenvalue weighted by molar-refractivity contribution is -0.201. The summed E-state index contributed by atoms with van der Waals surface area (Å²) in [4.78, 5) is 51.0. The van der Waals surface area contributed by atoms with Gasteiger partial charge in [0.25, 0.3) is 0 Å². The maximum Gasteiger partial charge on any atom is 0.357 e. The van der Waals surface area contributed by atoms with Crippen molar-refractivity contribution in [2.45, 2.75) is 55.5 Å². The molecule has 0 spiro atoms. The number of nitrogens with two attached hydrogens (primary N) is 1. The number of hydrogen-bond acceptors (Lipinski definition) is 12. The Labute approximate surface area is 193 Å². The normalized spacial score (nSPS) is 24.9. The summed E-state index contributed by atoms with van der Waals surface area (Å²) in [6, 6.07) is 0.424. The lowest BCUT2D eigenvalue weighted by Gasteiger charge is -2.43. The summed E-state index contributed by atoms with van der Waals surface area (Å²) >= 11 is 6.99. The molecule has 0 aliphatic carbocycles. The molecule has 1 aliphatic heterocycles. The zero-order valence-corrected chi connectivity index (χ0v) is 19.3. The first kappa shape index (κ1) is 25.8. The summed E-state index contributed by atoms with van der Waals surface area (Å²) in [5, 5.41) is 0.235. The molecule has 5 atom stereocenters. The SMILES string of the molecule is COC(=O)c1ncc(Cl)cc1SC1OC(COC(C)=O)C(OC(C)=O)C(N)C1OC(C)=O. The Morgan fingerprint density at radius 2 is 1.75 bits per heavy atom. The second kappa shape index (κ2) is 11.5.